The molecule has 2 aliphatic heterocycles. The highest BCUT2D eigenvalue weighted by Crippen LogP contribution is 2.31. The maximum absolute atomic E-state index is 12.7. The smallest absolute Gasteiger partial charge is 0.345 e. The monoisotopic (exact) mass is 574 g/mol. The largest absolute Gasteiger partial charge is 0.388 e. The summed E-state index contributed by atoms with van der Waals surface area (Å²) < 4.78 is 12.5. The van der Waals surface area contributed by atoms with Gasteiger partial charge in [0.25, 0.3) is 0 Å². The van der Waals surface area contributed by atoms with Crippen LogP contribution in [0.15, 0.2) is 72.9 Å². The minimum Gasteiger partial charge on any atom is -0.388 e. The van der Waals surface area contributed by atoms with Crippen LogP contribution < -0.4 is 10.2 Å². The number of aromatic nitrogens is 4. The van der Waals surface area contributed by atoms with Crippen molar-refractivity contribution in [2.24, 2.45) is 0 Å². The van der Waals surface area contributed by atoms with E-state index < -0.39 is 18.0 Å². The van der Waals surface area contributed by atoms with Crippen molar-refractivity contribution in [2.75, 3.05) is 37.7 Å². The maximum atomic E-state index is 12.7. The molecule has 43 heavy (non-hydrogen) atoms. The molecule has 7 rings (SSSR count). The van der Waals surface area contributed by atoms with Gasteiger partial charge in [-0.1, -0.05) is 36.4 Å². The molecule has 2 aromatic carbocycles. The van der Waals surface area contributed by atoms with E-state index in [9.17, 15) is 9.59 Å². The van der Waals surface area contributed by atoms with Crippen LogP contribution in [0.4, 0.5) is 5.69 Å². The number of morpholine rings is 1. The predicted octanol–water partition coefficient (Wildman–Crippen LogP) is 4.39. The van der Waals surface area contributed by atoms with E-state index in [0.717, 1.165) is 65.2 Å². The molecule has 3 aromatic heterocycles. The molecule has 0 radical (unpaired) electrons. The summed E-state index contributed by atoms with van der Waals surface area (Å²) in [6.45, 7) is 3.58. The number of nitrogens with zero attached hydrogens (tertiary/aromatic N) is 5. The van der Waals surface area contributed by atoms with E-state index in [-0.39, 0.29) is 0 Å². The lowest BCUT2D eigenvalue weighted by Crippen LogP contribution is -2.36. The van der Waals surface area contributed by atoms with Crippen LogP contribution in [0.25, 0.3) is 40.0 Å². The maximum Gasteiger partial charge on any atom is 0.345 e. The first-order valence-electron chi connectivity index (χ1n) is 14.5. The second-order valence-electron chi connectivity index (χ2n) is 10.6. The minimum absolute atomic E-state index is 0.295. The molecule has 2 fully saturated rings. The van der Waals surface area contributed by atoms with Crippen LogP contribution in [0.1, 0.15) is 34.6 Å². The van der Waals surface area contributed by atoms with Gasteiger partial charge in [-0.15, -0.1) is 0 Å². The van der Waals surface area contributed by atoms with Crippen LogP contribution in [-0.2, 0) is 14.3 Å². The van der Waals surface area contributed by atoms with Crippen molar-refractivity contribution in [3.63, 3.8) is 0 Å². The number of pyridine rings is 1. The SMILES string of the molecule is O=C(OC(=O)[C@@H]1CCCN1)c1ccc(-c2c(C=Cc3ccc4ccccc4n3)nc3c(N4CCOCC4)ccnn23)cc1. The van der Waals surface area contributed by atoms with Gasteiger partial charge in [0, 0.05) is 24.0 Å². The molecule has 2 aliphatic rings. The van der Waals surface area contributed by atoms with Crippen molar-refractivity contribution < 1.29 is 19.1 Å². The Morgan fingerprint density at radius 3 is 2.60 bits per heavy atom. The van der Waals surface area contributed by atoms with E-state index in [0.29, 0.717) is 30.9 Å². The van der Waals surface area contributed by atoms with E-state index in [1.165, 1.54) is 0 Å². The summed E-state index contributed by atoms with van der Waals surface area (Å²) in [7, 11) is 0. The highest BCUT2D eigenvalue weighted by molar-refractivity contribution is 5.98. The number of esters is 2. The van der Waals surface area contributed by atoms with Crippen LogP contribution in [0.3, 0.4) is 0 Å². The molecule has 0 aliphatic carbocycles. The predicted molar refractivity (Wildman–Crippen MR) is 164 cm³/mol. The van der Waals surface area contributed by atoms with Crippen LogP contribution in [-0.4, -0.2) is 70.4 Å². The Kier molecular flexibility index (Phi) is 7.36. The molecule has 0 amide bonds. The van der Waals surface area contributed by atoms with Crippen molar-refractivity contribution >= 4 is 46.3 Å². The van der Waals surface area contributed by atoms with Gasteiger partial charge >= 0.3 is 11.9 Å². The molecular weight excluding hydrogens is 544 g/mol. The topological polar surface area (TPSA) is 111 Å². The Labute approximate surface area is 248 Å². The van der Waals surface area contributed by atoms with Gasteiger partial charge in [-0.2, -0.15) is 5.10 Å². The molecule has 1 N–H and O–H groups in total. The minimum atomic E-state index is -0.668. The van der Waals surface area contributed by atoms with Crippen molar-refractivity contribution in [1.29, 1.82) is 0 Å². The number of rotatable bonds is 6. The highest BCUT2D eigenvalue weighted by Gasteiger charge is 2.26. The Morgan fingerprint density at radius 1 is 0.953 bits per heavy atom. The van der Waals surface area contributed by atoms with E-state index in [1.807, 2.05) is 65.2 Å². The van der Waals surface area contributed by atoms with E-state index in [4.69, 9.17) is 19.4 Å². The lowest BCUT2D eigenvalue weighted by atomic mass is 10.1. The Balaban J connectivity index is 1.25. The zero-order chi connectivity index (χ0) is 29.2. The van der Waals surface area contributed by atoms with Crippen LogP contribution >= 0.6 is 0 Å². The number of carbonyl (C=O) groups excluding carboxylic acids is 2. The number of hydrogen-bond donors (Lipinski definition) is 1. The zero-order valence-electron chi connectivity index (χ0n) is 23.5. The first-order valence-corrected chi connectivity index (χ1v) is 14.5. The highest BCUT2D eigenvalue weighted by atomic mass is 16.6. The van der Waals surface area contributed by atoms with Gasteiger partial charge in [0.1, 0.15) is 11.7 Å². The summed E-state index contributed by atoms with van der Waals surface area (Å²) in [4.78, 5) is 37.2. The molecule has 5 heterocycles. The number of fused-ring (bicyclic) bond motifs is 2. The number of nitrogens with one attached hydrogen (secondary N) is 1. The van der Waals surface area contributed by atoms with Gasteiger partial charge in [-0.25, -0.2) is 24.1 Å². The van der Waals surface area contributed by atoms with Gasteiger partial charge < -0.3 is 19.7 Å². The number of anilines is 1. The molecule has 0 saturated carbocycles. The molecule has 1 atom stereocenters. The lowest BCUT2D eigenvalue weighted by Gasteiger charge is -2.28. The molecule has 0 bridgehead atoms. The van der Waals surface area contributed by atoms with Crippen molar-refractivity contribution in [3.05, 3.63) is 89.9 Å². The Hall–Kier alpha value is -4.93. The standard InChI is InChI=1S/C33H30N6O4/c40-32(43-33(41)28-6-3-16-34-28)24-9-7-23(8-10-24)30-27(14-13-25-12-11-22-4-1-2-5-26(22)36-25)37-31-29(15-17-35-39(30)31)38-18-20-42-21-19-38/h1-2,4-5,7-15,17,28,34H,3,6,16,18-21H2/t28-/m0/s1. The second-order valence-corrected chi connectivity index (χ2v) is 10.6. The molecule has 0 unspecified atom stereocenters. The third kappa shape index (κ3) is 5.50. The Bertz CT molecular complexity index is 1840. The number of para-hydroxylation sites is 1. The van der Waals surface area contributed by atoms with Crippen molar-refractivity contribution in [1.82, 2.24) is 24.9 Å². The van der Waals surface area contributed by atoms with Crippen LogP contribution in [0, 0.1) is 0 Å². The summed E-state index contributed by atoms with van der Waals surface area (Å²) in [5.74, 6) is -1.21. The zero-order valence-corrected chi connectivity index (χ0v) is 23.5. The number of benzene rings is 2. The van der Waals surface area contributed by atoms with Crippen molar-refractivity contribution in [3.8, 4) is 11.3 Å². The van der Waals surface area contributed by atoms with Gasteiger partial charge in [-0.3, -0.25) is 0 Å². The summed E-state index contributed by atoms with van der Waals surface area (Å²) in [5.41, 5.74) is 6.01. The average molecular weight is 575 g/mol. The number of imidazole rings is 1. The summed E-state index contributed by atoms with van der Waals surface area (Å²) >= 11 is 0. The Morgan fingerprint density at radius 2 is 1.79 bits per heavy atom. The van der Waals surface area contributed by atoms with Crippen LogP contribution in [0.2, 0.25) is 0 Å². The van der Waals surface area contributed by atoms with Gasteiger partial charge in [0.2, 0.25) is 0 Å². The fourth-order valence-corrected chi connectivity index (χ4v) is 5.60. The summed E-state index contributed by atoms with van der Waals surface area (Å²) in [6.07, 6.45) is 7.22. The third-order valence-corrected chi connectivity index (χ3v) is 7.84. The average Bonchev–Trinajstić information content (AvgIpc) is 3.73. The van der Waals surface area contributed by atoms with Gasteiger partial charge in [0.15, 0.2) is 5.65 Å². The third-order valence-electron chi connectivity index (χ3n) is 7.84. The lowest BCUT2D eigenvalue weighted by molar-refractivity contribution is -0.139. The molecule has 0 spiro atoms. The first kappa shape index (κ1) is 26.9. The van der Waals surface area contributed by atoms with Gasteiger partial charge in [-0.05, 0) is 61.9 Å². The number of carbonyl (C=O) groups is 2. The second kappa shape index (κ2) is 11.7. The van der Waals surface area contributed by atoms with E-state index in [2.05, 4.69) is 21.4 Å². The summed E-state index contributed by atoms with van der Waals surface area (Å²) in [5, 5.41) is 8.81. The molecule has 5 aromatic rings. The van der Waals surface area contributed by atoms with Gasteiger partial charge in [0.05, 0.1) is 47.6 Å². The van der Waals surface area contributed by atoms with Crippen molar-refractivity contribution in [2.45, 2.75) is 18.9 Å². The molecule has 10 nitrogen and oxygen atoms in total. The number of ether oxygens (including phenoxy) is 2. The fraction of sp³-hybridized carbons (Fsp3) is 0.242. The van der Waals surface area contributed by atoms with E-state index >= 15 is 0 Å². The summed E-state index contributed by atoms with van der Waals surface area (Å²) in [6, 6.07) is 20.6. The molecule has 2 saturated heterocycles. The van der Waals surface area contributed by atoms with E-state index in [1.54, 1.807) is 18.3 Å². The molecular formula is C33H30N6O4. The quantitative estimate of drug-likeness (QED) is 0.233. The molecule has 10 heteroatoms. The molecule has 216 valence electrons. The fourth-order valence-electron chi connectivity index (χ4n) is 5.60. The normalized spacial score (nSPS) is 17.2. The first-order chi connectivity index (χ1) is 21.1. The van der Waals surface area contributed by atoms with Crippen LogP contribution in [0.5, 0.6) is 0 Å². The number of hydrogen-bond acceptors (Lipinski definition) is 9.